The monoisotopic (exact) mass is 292 g/mol. The summed E-state index contributed by atoms with van der Waals surface area (Å²) in [6, 6.07) is 5.71. The molecule has 0 amide bonds. The predicted octanol–water partition coefficient (Wildman–Crippen LogP) is 0.697. The largest absolute Gasteiger partial charge is 0.496 e. The van der Waals surface area contributed by atoms with Gasteiger partial charge in [0.1, 0.15) is 11.4 Å². The van der Waals surface area contributed by atoms with E-state index in [0.29, 0.717) is 17.5 Å². The molecule has 2 aliphatic heterocycles. The van der Waals surface area contributed by atoms with E-state index in [9.17, 15) is 10.1 Å². The number of hydrogen-bond donors (Lipinski definition) is 1. The van der Waals surface area contributed by atoms with Crippen LogP contribution in [0.3, 0.4) is 0 Å². The summed E-state index contributed by atoms with van der Waals surface area (Å²) in [5.74, 6) is 0.518. The molecule has 114 valence electrons. The molecule has 7 heteroatoms. The normalized spacial score (nSPS) is 20.1. The van der Waals surface area contributed by atoms with Gasteiger partial charge in [-0.25, -0.2) is 0 Å². The van der Waals surface area contributed by atoms with Gasteiger partial charge in [-0.1, -0.05) is 0 Å². The Morgan fingerprint density at radius 1 is 1.29 bits per heavy atom. The zero-order valence-corrected chi connectivity index (χ0v) is 12.1. The molecule has 7 nitrogen and oxygen atoms in total. The van der Waals surface area contributed by atoms with Crippen LogP contribution in [0.4, 0.5) is 11.4 Å². The molecule has 0 radical (unpaired) electrons. The van der Waals surface area contributed by atoms with Gasteiger partial charge < -0.3 is 15.0 Å². The van der Waals surface area contributed by atoms with E-state index in [0.717, 1.165) is 39.3 Å². The SMILES string of the molecule is COc1ccc(N2CCN(C3CNC3)CC2)c([N+](=O)[O-])c1. The van der Waals surface area contributed by atoms with Crippen LogP contribution in [0, 0.1) is 10.1 Å². The highest BCUT2D eigenvalue weighted by Gasteiger charge is 2.29. The van der Waals surface area contributed by atoms with Crippen LogP contribution in [0.25, 0.3) is 0 Å². The molecule has 1 aromatic rings. The minimum absolute atomic E-state index is 0.119. The molecule has 2 saturated heterocycles. The smallest absolute Gasteiger partial charge is 0.296 e. The Morgan fingerprint density at radius 3 is 2.52 bits per heavy atom. The Hall–Kier alpha value is -1.86. The lowest BCUT2D eigenvalue weighted by atomic mass is 10.1. The molecule has 0 atom stereocenters. The molecular formula is C14H20N4O3. The van der Waals surface area contributed by atoms with Gasteiger partial charge in [0, 0.05) is 45.3 Å². The maximum atomic E-state index is 11.3. The Labute approximate surface area is 123 Å². The first-order valence-corrected chi connectivity index (χ1v) is 7.21. The van der Waals surface area contributed by atoms with Crippen molar-refractivity contribution >= 4 is 11.4 Å². The molecule has 2 heterocycles. The zero-order chi connectivity index (χ0) is 14.8. The molecule has 0 aliphatic carbocycles. The van der Waals surface area contributed by atoms with Crippen molar-refractivity contribution in [2.24, 2.45) is 0 Å². The zero-order valence-electron chi connectivity index (χ0n) is 12.1. The number of anilines is 1. The van der Waals surface area contributed by atoms with Gasteiger partial charge in [-0.05, 0) is 12.1 Å². The van der Waals surface area contributed by atoms with Gasteiger partial charge in [-0.15, -0.1) is 0 Å². The molecule has 3 rings (SSSR count). The number of piperazine rings is 1. The van der Waals surface area contributed by atoms with Gasteiger partial charge in [0.25, 0.3) is 5.69 Å². The van der Waals surface area contributed by atoms with Crippen molar-refractivity contribution in [3.05, 3.63) is 28.3 Å². The summed E-state index contributed by atoms with van der Waals surface area (Å²) < 4.78 is 5.08. The van der Waals surface area contributed by atoms with Crippen molar-refractivity contribution in [3.8, 4) is 5.75 Å². The van der Waals surface area contributed by atoms with Gasteiger partial charge in [0.2, 0.25) is 0 Å². The summed E-state index contributed by atoms with van der Waals surface area (Å²) in [5.41, 5.74) is 0.806. The first kappa shape index (κ1) is 14.1. The van der Waals surface area contributed by atoms with Gasteiger partial charge in [0.05, 0.1) is 18.1 Å². The third kappa shape index (κ3) is 2.79. The lowest BCUT2D eigenvalue weighted by molar-refractivity contribution is -0.384. The number of rotatable bonds is 4. The molecular weight excluding hydrogens is 272 g/mol. The highest BCUT2D eigenvalue weighted by atomic mass is 16.6. The van der Waals surface area contributed by atoms with Crippen LogP contribution in [-0.2, 0) is 0 Å². The highest BCUT2D eigenvalue weighted by molar-refractivity contribution is 5.65. The van der Waals surface area contributed by atoms with Crippen molar-refractivity contribution in [2.45, 2.75) is 6.04 Å². The van der Waals surface area contributed by atoms with Gasteiger partial charge in [-0.3, -0.25) is 15.0 Å². The molecule has 0 unspecified atom stereocenters. The number of nitrogens with zero attached hydrogens (tertiary/aromatic N) is 3. The highest BCUT2D eigenvalue weighted by Crippen LogP contribution is 2.32. The van der Waals surface area contributed by atoms with E-state index < -0.39 is 0 Å². The average Bonchev–Trinajstić information content (AvgIpc) is 2.45. The number of benzene rings is 1. The summed E-state index contributed by atoms with van der Waals surface area (Å²) in [6.07, 6.45) is 0. The number of methoxy groups -OCH3 is 1. The predicted molar refractivity (Wildman–Crippen MR) is 80.1 cm³/mol. The maximum absolute atomic E-state index is 11.3. The second-order valence-electron chi connectivity index (χ2n) is 5.45. The van der Waals surface area contributed by atoms with Crippen molar-refractivity contribution in [2.75, 3.05) is 51.3 Å². The van der Waals surface area contributed by atoms with Gasteiger partial charge in [-0.2, -0.15) is 0 Å². The number of nitro groups is 1. The minimum atomic E-state index is -0.333. The Kier molecular flexibility index (Phi) is 3.94. The molecule has 1 N–H and O–H groups in total. The first-order chi connectivity index (χ1) is 10.2. The van der Waals surface area contributed by atoms with Crippen molar-refractivity contribution in [1.82, 2.24) is 10.2 Å². The number of nitro benzene ring substituents is 1. The summed E-state index contributed by atoms with van der Waals surface area (Å²) >= 11 is 0. The Bertz CT molecular complexity index is 525. The van der Waals surface area contributed by atoms with E-state index in [1.165, 1.54) is 13.2 Å². The average molecular weight is 292 g/mol. The van der Waals surface area contributed by atoms with Crippen molar-refractivity contribution in [1.29, 1.82) is 0 Å². The molecule has 1 aromatic carbocycles. The van der Waals surface area contributed by atoms with Crippen molar-refractivity contribution < 1.29 is 9.66 Å². The summed E-state index contributed by atoms with van der Waals surface area (Å²) in [4.78, 5) is 15.5. The van der Waals surface area contributed by atoms with Crippen LogP contribution in [0.1, 0.15) is 0 Å². The summed E-state index contributed by atoms with van der Waals surface area (Å²) in [5, 5.41) is 14.5. The van der Waals surface area contributed by atoms with Crippen LogP contribution in [0.2, 0.25) is 0 Å². The van der Waals surface area contributed by atoms with E-state index >= 15 is 0 Å². The molecule has 21 heavy (non-hydrogen) atoms. The third-order valence-electron chi connectivity index (χ3n) is 4.31. The molecule has 2 aliphatic rings. The van der Waals surface area contributed by atoms with E-state index in [-0.39, 0.29) is 10.6 Å². The lowest BCUT2D eigenvalue weighted by Crippen LogP contribution is -2.61. The van der Waals surface area contributed by atoms with E-state index in [2.05, 4.69) is 15.1 Å². The second kappa shape index (κ2) is 5.87. The van der Waals surface area contributed by atoms with Crippen LogP contribution in [0.15, 0.2) is 18.2 Å². The fourth-order valence-corrected chi connectivity index (χ4v) is 2.90. The van der Waals surface area contributed by atoms with E-state index in [1.807, 2.05) is 0 Å². The maximum Gasteiger partial charge on any atom is 0.296 e. The van der Waals surface area contributed by atoms with Crippen LogP contribution < -0.4 is 15.0 Å². The molecule has 0 aromatic heterocycles. The van der Waals surface area contributed by atoms with Crippen molar-refractivity contribution in [3.63, 3.8) is 0 Å². The minimum Gasteiger partial charge on any atom is -0.496 e. The Balaban J connectivity index is 1.73. The first-order valence-electron chi connectivity index (χ1n) is 7.21. The number of nitrogens with one attached hydrogen (secondary N) is 1. The molecule has 0 saturated carbocycles. The molecule has 0 bridgehead atoms. The Morgan fingerprint density at radius 2 is 2.00 bits per heavy atom. The standard InChI is InChI=1S/C14H20N4O3/c1-21-12-2-3-13(14(8-12)18(19)20)17-6-4-16(5-7-17)11-9-15-10-11/h2-3,8,11,15H,4-7,9-10H2,1H3. The van der Waals surface area contributed by atoms with Gasteiger partial charge >= 0.3 is 0 Å². The lowest BCUT2D eigenvalue weighted by Gasteiger charge is -2.43. The third-order valence-corrected chi connectivity index (χ3v) is 4.31. The second-order valence-corrected chi connectivity index (χ2v) is 5.45. The van der Waals surface area contributed by atoms with Gasteiger partial charge in [0.15, 0.2) is 0 Å². The quantitative estimate of drug-likeness (QED) is 0.650. The van der Waals surface area contributed by atoms with Crippen LogP contribution >= 0.6 is 0 Å². The molecule has 0 spiro atoms. The number of ether oxygens (including phenoxy) is 1. The molecule has 2 fully saturated rings. The summed E-state index contributed by atoms with van der Waals surface area (Å²) in [7, 11) is 1.52. The van der Waals surface area contributed by atoms with E-state index in [1.54, 1.807) is 12.1 Å². The topological polar surface area (TPSA) is 70.9 Å². The van der Waals surface area contributed by atoms with Crippen LogP contribution in [0.5, 0.6) is 5.75 Å². The number of hydrogen-bond acceptors (Lipinski definition) is 6. The fourth-order valence-electron chi connectivity index (χ4n) is 2.90. The summed E-state index contributed by atoms with van der Waals surface area (Å²) in [6.45, 7) is 5.67. The van der Waals surface area contributed by atoms with Crippen LogP contribution in [-0.4, -0.2) is 62.2 Å². The fraction of sp³-hybridized carbons (Fsp3) is 0.571. The van der Waals surface area contributed by atoms with E-state index in [4.69, 9.17) is 4.74 Å².